The van der Waals surface area contributed by atoms with Crippen LogP contribution in [0.15, 0.2) is 30.3 Å². The van der Waals surface area contributed by atoms with E-state index in [0.29, 0.717) is 12.8 Å². The highest BCUT2D eigenvalue weighted by Crippen LogP contribution is 2.07. The van der Waals surface area contributed by atoms with Crippen LogP contribution >= 0.6 is 0 Å². The number of carbonyl (C=O) groups is 2. The predicted molar refractivity (Wildman–Crippen MR) is 64.3 cm³/mol. The topological polar surface area (TPSA) is 58.2 Å². The first-order chi connectivity index (χ1) is 8.20. The number of rotatable bonds is 3. The second-order valence-electron chi connectivity index (χ2n) is 4.22. The number of amides is 2. The summed E-state index contributed by atoms with van der Waals surface area (Å²) in [6.45, 7) is 1.88. The third-order valence-corrected chi connectivity index (χ3v) is 2.96. The summed E-state index contributed by atoms with van der Waals surface area (Å²) in [5, 5.41) is 5.50. The highest BCUT2D eigenvalue weighted by molar-refractivity contribution is 5.97. The number of hydrogen-bond donors (Lipinski definition) is 2. The molecule has 1 heterocycles. The van der Waals surface area contributed by atoms with Gasteiger partial charge in [-0.05, 0) is 12.0 Å². The van der Waals surface area contributed by atoms with Crippen LogP contribution in [0.4, 0.5) is 0 Å². The summed E-state index contributed by atoms with van der Waals surface area (Å²) in [4.78, 5) is 23.4. The molecular weight excluding hydrogens is 216 g/mol. The Morgan fingerprint density at radius 1 is 1.00 bits per heavy atom. The van der Waals surface area contributed by atoms with Gasteiger partial charge in [-0.2, -0.15) is 0 Å². The molecule has 1 fully saturated rings. The van der Waals surface area contributed by atoms with Crippen LogP contribution in [0, 0.1) is 0 Å². The van der Waals surface area contributed by atoms with Crippen LogP contribution in [0.2, 0.25) is 0 Å². The van der Waals surface area contributed by atoms with Gasteiger partial charge >= 0.3 is 0 Å². The van der Waals surface area contributed by atoms with E-state index in [4.69, 9.17) is 0 Å². The molecule has 1 aromatic carbocycles. The standard InChI is InChI=1S/C13H16N2O2/c1-2-10-12(16)15-11(13(17)14-10)8-9-6-4-3-5-7-9/h3-7,10-11H,2,8H2,1H3,(H,14,17)(H,15,16)/t10-,11-/m0/s1. The van der Waals surface area contributed by atoms with Crippen LogP contribution in [0.5, 0.6) is 0 Å². The van der Waals surface area contributed by atoms with Crippen molar-refractivity contribution in [1.29, 1.82) is 0 Å². The van der Waals surface area contributed by atoms with Crippen molar-refractivity contribution >= 4 is 11.8 Å². The smallest absolute Gasteiger partial charge is 0.243 e. The number of benzene rings is 1. The summed E-state index contributed by atoms with van der Waals surface area (Å²) in [6.07, 6.45) is 1.16. The van der Waals surface area contributed by atoms with Crippen LogP contribution in [-0.4, -0.2) is 23.9 Å². The van der Waals surface area contributed by atoms with Crippen LogP contribution in [0.3, 0.4) is 0 Å². The number of nitrogens with one attached hydrogen (secondary N) is 2. The summed E-state index contributed by atoms with van der Waals surface area (Å²) in [7, 11) is 0. The van der Waals surface area contributed by atoms with Crippen LogP contribution in [0.1, 0.15) is 18.9 Å². The van der Waals surface area contributed by atoms with Gasteiger partial charge in [0.1, 0.15) is 12.1 Å². The minimum Gasteiger partial charge on any atom is -0.343 e. The van der Waals surface area contributed by atoms with Crippen molar-refractivity contribution in [2.45, 2.75) is 31.8 Å². The average molecular weight is 232 g/mol. The van der Waals surface area contributed by atoms with Crippen molar-refractivity contribution in [1.82, 2.24) is 10.6 Å². The third kappa shape index (κ3) is 2.64. The molecule has 2 amide bonds. The highest BCUT2D eigenvalue weighted by atomic mass is 16.2. The Morgan fingerprint density at radius 2 is 1.59 bits per heavy atom. The molecule has 90 valence electrons. The summed E-state index contributed by atoms with van der Waals surface area (Å²) in [6, 6.07) is 8.84. The molecule has 1 aliphatic heterocycles. The number of hydrogen-bond acceptors (Lipinski definition) is 2. The molecule has 17 heavy (non-hydrogen) atoms. The van der Waals surface area contributed by atoms with Gasteiger partial charge in [-0.1, -0.05) is 37.3 Å². The Labute approximate surface area is 100 Å². The van der Waals surface area contributed by atoms with Crippen LogP contribution in [0.25, 0.3) is 0 Å². The third-order valence-electron chi connectivity index (χ3n) is 2.96. The first-order valence-corrected chi connectivity index (χ1v) is 5.85. The summed E-state index contributed by atoms with van der Waals surface area (Å²) in [5.74, 6) is -0.187. The van der Waals surface area contributed by atoms with Crippen molar-refractivity contribution in [2.24, 2.45) is 0 Å². The van der Waals surface area contributed by atoms with E-state index in [1.807, 2.05) is 37.3 Å². The Balaban J connectivity index is 2.03. The molecule has 1 saturated heterocycles. The molecule has 4 nitrogen and oxygen atoms in total. The summed E-state index contributed by atoms with van der Waals surface area (Å²) in [5.41, 5.74) is 1.04. The molecule has 1 aromatic rings. The lowest BCUT2D eigenvalue weighted by atomic mass is 10.0. The van der Waals surface area contributed by atoms with E-state index in [0.717, 1.165) is 5.56 Å². The van der Waals surface area contributed by atoms with Gasteiger partial charge in [0.2, 0.25) is 11.8 Å². The van der Waals surface area contributed by atoms with Crippen molar-refractivity contribution in [3.63, 3.8) is 0 Å². The predicted octanol–water partition coefficient (Wildman–Crippen LogP) is 0.622. The Kier molecular flexibility index (Phi) is 3.42. The fourth-order valence-electron chi connectivity index (χ4n) is 1.96. The van der Waals surface area contributed by atoms with E-state index in [1.165, 1.54) is 0 Å². The van der Waals surface area contributed by atoms with E-state index in [9.17, 15) is 9.59 Å². The molecule has 0 bridgehead atoms. The minimum atomic E-state index is -0.451. The monoisotopic (exact) mass is 232 g/mol. The van der Waals surface area contributed by atoms with E-state index in [2.05, 4.69) is 10.6 Å². The second-order valence-corrected chi connectivity index (χ2v) is 4.22. The maximum absolute atomic E-state index is 11.8. The molecule has 0 unspecified atom stereocenters. The van der Waals surface area contributed by atoms with Crippen LogP contribution in [-0.2, 0) is 16.0 Å². The first kappa shape index (κ1) is 11.6. The van der Waals surface area contributed by atoms with E-state index < -0.39 is 6.04 Å². The van der Waals surface area contributed by atoms with Gasteiger partial charge in [0.15, 0.2) is 0 Å². The van der Waals surface area contributed by atoms with E-state index in [-0.39, 0.29) is 17.9 Å². The average Bonchev–Trinajstić information content (AvgIpc) is 2.34. The molecule has 2 N–H and O–H groups in total. The quantitative estimate of drug-likeness (QED) is 0.802. The zero-order chi connectivity index (χ0) is 12.3. The molecule has 2 atom stereocenters. The highest BCUT2D eigenvalue weighted by Gasteiger charge is 2.32. The van der Waals surface area contributed by atoms with Crippen molar-refractivity contribution in [3.05, 3.63) is 35.9 Å². The summed E-state index contributed by atoms with van der Waals surface area (Å²) >= 11 is 0. The number of carbonyl (C=O) groups excluding carboxylic acids is 2. The molecule has 0 saturated carbocycles. The molecule has 0 aromatic heterocycles. The Bertz CT molecular complexity index is 417. The molecule has 2 rings (SSSR count). The fourth-order valence-corrected chi connectivity index (χ4v) is 1.96. The van der Waals surface area contributed by atoms with Gasteiger partial charge in [0.05, 0.1) is 0 Å². The van der Waals surface area contributed by atoms with E-state index in [1.54, 1.807) is 0 Å². The second kappa shape index (κ2) is 4.99. The molecular formula is C13H16N2O2. The maximum Gasteiger partial charge on any atom is 0.243 e. The van der Waals surface area contributed by atoms with Gasteiger partial charge in [-0.25, -0.2) is 0 Å². The molecule has 4 heteroatoms. The zero-order valence-electron chi connectivity index (χ0n) is 9.77. The molecule has 0 aliphatic carbocycles. The maximum atomic E-state index is 11.8. The first-order valence-electron chi connectivity index (χ1n) is 5.85. The molecule has 0 radical (unpaired) electrons. The Morgan fingerprint density at radius 3 is 2.24 bits per heavy atom. The van der Waals surface area contributed by atoms with Gasteiger partial charge in [0, 0.05) is 6.42 Å². The van der Waals surface area contributed by atoms with Crippen LogP contribution < -0.4 is 10.6 Å². The minimum absolute atomic E-state index is 0.0898. The zero-order valence-corrected chi connectivity index (χ0v) is 9.77. The lowest BCUT2D eigenvalue weighted by Crippen LogP contribution is -2.62. The lowest BCUT2D eigenvalue weighted by molar-refractivity contribution is -0.136. The van der Waals surface area contributed by atoms with E-state index >= 15 is 0 Å². The summed E-state index contributed by atoms with van der Waals surface area (Å²) < 4.78 is 0. The molecule has 0 spiro atoms. The number of piperazine rings is 1. The van der Waals surface area contributed by atoms with Gasteiger partial charge in [-0.3, -0.25) is 9.59 Å². The van der Waals surface area contributed by atoms with Crippen molar-refractivity contribution in [3.8, 4) is 0 Å². The van der Waals surface area contributed by atoms with Gasteiger partial charge < -0.3 is 10.6 Å². The fraction of sp³-hybridized carbons (Fsp3) is 0.385. The SMILES string of the molecule is CC[C@@H]1NC(=O)[C@H](Cc2ccccc2)NC1=O. The molecule has 1 aliphatic rings. The lowest BCUT2D eigenvalue weighted by Gasteiger charge is -2.29. The van der Waals surface area contributed by atoms with Crippen molar-refractivity contribution in [2.75, 3.05) is 0 Å². The Hall–Kier alpha value is -1.84. The normalized spacial score (nSPS) is 24.1. The van der Waals surface area contributed by atoms with Crippen molar-refractivity contribution < 1.29 is 9.59 Å². The largest absolute Gasteiger partial charge is 0.343 e. The van der Waals surface area contributed by atoms with Gasteiger partial charge in [-0.15, -0.1) is 0 Å². The van der Waals surface area contributed by atoms with Gasteiger partial charge in [0.25, 0.3) is 0 Å².